The van der Waals surface area contributed by atoms with Crippen molar-refractivity contribution in [2.45, 2.75) is 32.4 Å². The van der Waals surface area contributed by atoms with E-state index in [2.05, 4.69) is 0 Å². The first kappa shape index (κ1) is 10.2. The Morgan fingerprint density at radius 3 is 2.08 bits per heavy atom. The van der Waals surface area contributed by atoms with E-state index in [1.54, 1.807) is 6.92 Å². The lowest BCUT2D eigenvalue weighted by molar-refractivity contribution is -0.156. The minimum absolute atomic E-state index is 0.108. The molecule has 1 aliphatic rings. The summed E-state index contributed by atoms with van der Waals surface area (Å²) in [6, 6.07) is 0. The van der Waals surface area contributed by atoms with Crippen molar-refractivity contribution in [3.05, 3.63) is 0 Å². The lowest BCUT2D eigenvalue weighted by Crippen LogP contribution is -2.28. The summed E-state index contributed by atoms with van der Waals surface area (Å²) in [4.78, 5) is 0. The second-order valence-corrected chi connectivity index (χ2v) is 4.12. The van der Waals surface area contributed by atoms with Gasteiger partial charge in [0, 0.05) is 5.88 Å². The minimum atomic E-state index is -4.08. The highest BCUT2D eigenvalue weighted by Crippen LogP contribution is 2.51. The van der Waals surface area contributed by atoms with E-state index in [0.717, 1.165) is 12.8 Å². The molecule has 0 saturated heterocycles. The normalized spacial score (nSPS) is 23.8. The summed E-state index contributed by atoms with van der Waals surface area (Å²) in [5.74, 6) is 0.300. The molecule has 1 aliphatic carbocycles. The van der Waals surface area contributed by atoms with Gasteiger partial charge >= 0.3 is 6.18 Å². The van der Waals surface area contributed by atoms with Gasteiger partial charge in [-0.05, 0) is 24.2 Å². The summed E-state index contributed by atoms with van der Waals surface area (Å²) in [5.41, 5.74) is -0.722. The molecule has 0 N–H and O–H groups in total. The van der Waals surface area contributed by atoms with Crippen LogP contribution >= 0.6 is 11.6 Å². The Bertz CT molecular complexity index is 162. The summed E-state index contributed by atoms with van der Waals surface area (Å²) < 4.78 is 36.2. The third kappa shape index (κ3) is 2.54. The van der Waals surface area contributed by atoms with E-state index < -0.39 is 18.0 Å². The van der Waals surface area contributed by atoms with E-state index in [1.165, 1.54) is 0 Å². The lowest BCUT2D eigenvalue weighted by atomic mass is 9.83. The van der Waals surface area contributed by atoms with E-state index in [1.807, 2.05) is 0 Å². The fourth-order valence-corrected chi connectivity index (χ4v) is 1.85. The molecule has 0 radical (unpaired) electrons. The first-order valence-electron chi connectivity index (χ1n) is 4.00. The van der Waals surface area contributed by atoms with Crippen molar-refractivity contribution in [1.82, 2.24) is 0 Å². The van der Waals surface area contributed by atoms with Crippen LogP contribution in [0.4, 0.5) is 13.2 Å². The van der Waals surface area contributed by atoms with Gasteiger partial charge in [-0.25, -0.2) is 0 Å². The van der Waals surface area contributed by atoms with Crippen molar-refractivity contribution in [2.24, 2.45) is 11.3 Å². The van der Waals surface area contributed by atoms with Crippen LogP contribution in [-0.2, 0) is 0 Å². The first-order valence-corrected chi connectivity index (χ1v) is 4.53. The molecule has 12 heavy (non-hydrogen) atoms. The maximum atomic E-state index is 12.1. The highest BCUT2D eigenvalue weighted by atomic mass is 35.5. The monoisotopic (exact) mass is 200 g/mol. The van der Waals surface area contributed by atoms with Gasteiger partial charge in [0.05, 0.1) is 6.42 Å². The van der Waals surface area contributed by atoms with E-state index in [9.17, 15) is 13.2 Å². The van der Waals surface area contributed by atoms with E-state index in [4.69, 9.17) is 11.6 Å². The predicted molar refractivity (Wildman–Crippen MR) is 42.2 cm³/mol. The van der Waals surface area contributed by atoms with Crippen LogP contribution in [0.25, 0.3) is 0 Å². The Labute approximate surface area is 75.1 Å². The number of hydrogen-bond acceptors (Lipinski definition) is 0. The molecule has 72 valence electrons. The van der Waals surface area contributed by atoms with Crippen molar-refractivity contribution in [1.29, 1.82) is 0 Å². The molecule has 0 aliphatic heterocycles. The van der Waals surface area contributed by atoms with Crippen LogP contribution in [0.2, 0.25) is 0 Å². The standard InChI is InChI=1S/C8H12ClF3/c1-7(5-9,6-2-3-6)4-8(10,11)12/h6H,2-5H2,1H3. The summed E-state index contributed by atoms with van der Waals surface area (Å²) >= 11 is 5.55. The van der Waals surface area contributed by atoms with Crippen LogP contribution in [0.1, 0.15) is 26.2 Å². The molecule has 0 aromatic rings. The number of halogens is 4. The molecule has 1 saturated carbocycles. The molecular formula is C8H12ClF3. The molecule has 0 aromatic carbocycles. The molecule has 0 amide bonds. The second kappa shape index (κ2) is 3.09. The zero-order valence-corrected chi connectivity index (χ0v) is 7.67. The van der Waals surface area contributed by atoms with Gasteiger partial charge in [-0.15, -0.1) is 11.6 Å². The van der Waals surface area contributed by atoms with Crippen molar-refractivity contribution < 1.29 is 13.2 Å². The predicted octanol–water partition coefficient (Wildman–Crippen LogP) is 3.59. The van der Waals surface area contributed by atoms with Crippen LogP contribution in [0.5, 0.6) is 0 Å². The number of hydrogen-bond donors (Lipinski definition) is 0. The fraction of sp³-hybridized carbons (Fsp3) is 1.00. The molecule has 0 bridgehead atoms. The van der Waals surface area contributed by atoms with Crippen LogP contribution in [0.3, 0.4) is 0 Å². The van der Waals surface area contributed by atoms with Crippen molar-refractivity contribution in [3.8, 4) is 0 Å². The van der Waals surface area contributed by atoms with Crippen molar-refractivity contribution in [3.63, 3.8) is 0 Å². The van der Waals surface area contributed by atoms with E-state index >= 15 is 0 Å². The first-order chi connectivity index (χ1) is 5.37. The molecule has 0 heterocycles. The van der Waals surface area contributed by atoms with Gasteiger partial charge in [-0.1, -0.05) is 6.92 Å². The van der Waals surface area contributed by atoms with Crippen LogP contribution in [0, 0.1) is 11.3 Å². The molecule has 0 aromatic heterocycles. The highest BCUT2D eigenvalue weighted by Gasteiger charge is 2.47. The summed E-state index contributed by atoms with van der Waals surface area (Å²) in [7, 11) is 0. The molecule has 1 fully saturated rings. The Morgan fingerprint density at radius 1 is 1.33 bits per heavy atom. The van der Waals surface area contributed by atoms with Gasteiger partial charge in [0.15, 0.2) is 0 Å². The molecule has 1 unspecified atom stereocenters. The van der Waals surface area contributed by atoms with Gasteiger partial charge < -0.3 is 0 Å². The van der Waals surface area contributed by atoms with E-state index in [-0.39, 0.29) is 11.8 Å². The molecular weight excluding hydrogens is 189 g/mol. The van der Waals surface area contributed by atoms with Gasteiger partial charge in [0.25, 0.3) is 0 Å². The third-order valence-corrected chi connectivity index (χ3v) is 3.08. The van der Waals surface area contributed by atoms with Crippen molar-refractivity contribution in [2.75, 3.05) is 5.88 Å². The van der Waals surface area contributed by atoms with Gasteiger partial charge in [-0.2, -0.15) is 13.2 Å². The maximum Gasteiger partial charge on any atom is 0.389 e. The molecule has 0 spiro atoms. The summed E-state index contributed by atoms with van der Waals surface area (Å²) in [6.45, 7) is 1.63. The average molecular weight is 201 g/mol. The SMILES string of the molecule is CC(CCl)(CC(F)(F)F)C1CC1. The van der Waals surface area contributed by atoms with Crippen molar-refractivity contribution >= 4 is 11.6 Å². The topological polar surface area (TPSA) is 0 Å². The Morgan fingerprint density at radius 2 is 1.83 bits per heavy atom. The van der Waals surface area contributed by atoms with E-state index in [0.29, 0.717) is 0 Å². The molecule has 0 nitrogen and oxygen atoms in total. The third-order valence-electron chi connectivity index (χ3n) is 2.47. The number of alkyl halides is 4. The molecule has 4 heteroatoms. The zero-order valence-electron chi connectivity index (χ0n) is 6.92. The second-order valence-electron chi connectivity index (χ2n) is 3.85. The minimum Gasteiger partial charge on any atom is -0.171 e. The summed E-state index contributed by atoms with van der Waals surface area (Å²) in [6.07, 6.45) is -3.01. The Kier molecular flexibility index (Phi) is 2.62. The Balaban J connectivity index is 2.54. The maximum absolute atomic E-state index is 12.1. The smallest absolute Gasteiger partial charge is 0.171 e. The quantitative estimate of drug-likeness (QED) is 0.611. The molecule has 1 rings (SSSR count). The molecule has 1 atom stereocenters. The van der Waals surface area contributed by atoms with Crippen LogP contribution in [0.15, 0.2) is 0 Å². The van der Waals surface area contributed by atoms with Crippen LogP contribution in [-0.4, -0.2) is 12.1 Å². The van der Waals surface area contributed by atoms with Gasteiger partial charge in [0.1, 0.15) is 0 Å². The lowest BCUT2D eigenvalue weighted by Gasteiger charge is -2.27. The van der Waals surface area contributed by atoms with Gasteiger partial charge in [-0.3, -0.25) is 0 Å². The largest absolute Gasteiger partial charge is 0.389 e. The van der Waals surface area contributed by atoms with Gasteiger partial charge in [0.2, 0.25) is 0 Å². The zero-order chi connectivity index (χ0) is 9.41. The highest BCUT2D eigenvalue weighted by molar-refractivity contribution is 6.18. The Hall–Kier alpha value is 0.0800. The fourth-order valence-electron chi connectivity index (χ4n) is 1.54. The summed E-state index contributed by atoms with van der Waals surface area (Å²) in [5, 5.41) is 0. The van der Waals surface area contributed by atoms with Crippen LogP contribution < -0.4 is 0 Å². The average Bonchev–Trinajstić information content (AvgIpc) is 2.64. The number of rotatable bonds is 3.